The van der Waals surface area contributed by atoms with Crippen molar-refractivity contribution in [3.05, 3.63) is 11.6 Å². The Labute approximate surface area is 200 Å². The molecular weight excluding hydrogens is 396 g/mol. The zero-order valence-electron chi connectivity index (χ0n) is 23.6. The van der Waals surface area contributed by atoms with Crippen LogP contribution < -0.4 is 0 Å². The predicted molar refractivity (Wildman–Crippen MR) is 129 cm³/mol. The van der Waals surface area contributed by atoms with Gasteiger partial charge in [-0.05, 0) is 80.6 Å². The summed E-state index contributed by atoms with van der Waals surface area (Å²) in [5.41, 5.74) is 0.611. The molecule has 4 aliphatic rings. The van der Waals surface area contributed by atoms with Crippen LogP contribution in [0.4, 0.5) is 0 Å². The largest absolute Gasteiger partial charge is 0.462 e. The van der Waals surface area contributed by atoms with Gasteiger partial charge in [-0.15, -0.1) is 0 Å². The maximum Gasteiger partial charge on any atom is 0.306 e. The van der Waals surface area contributed by atoms with Crippen LogP contribution in [0.1, 0.15) is 128 Å². The highest BCUT2D eigenvalue weighted by atomic mass is 16.5. The zero-order valence-corrected chi connectivity index (χ0v) is 20.6. The van der Waals surface area contributed by atoms with E-state index in [2.05, 4.69) is 13.8 Å². The number of unbranched alkanes of at least 4 members (excludes halogenated alkanes) is 6. The number of carbonyl (C=O) groups is 2. The molecule has 0 aromatic heterocycles. The minimum absolute atomic E-state index is 0.00591. The van der Waals surface area contributed by atoms with Crippen LogP contribution in [0.5, 0.6) is 0 Å². The van der Waals surface area contributed by atoms with E-state index in [1.807, 2.05) is 13.0 Å². The lowest BCUT2D eigenvalue weighted by molar-refractivity contribution is -0.160. The SMILES string of the molecule is [2H]C1([2H])C[C@H]2[C@@H]3CCC4=CC(=O)CC[C@]4(C)[C@H]3CC[C@]2(C)[C@@]1([2H])OC(=O)CCCCCCCCC. The molecule has 3 saturated carbocycles. The Morgan fingerprint density at radius 1 is 1.06 bits per heavy atom. The first-order valence-corrected chi connectivity index (χ1v) is 13.4. The topological polar surface area (TPSA) is 43.4 Å². The number of rotatable bonds is 9. The maximum absolute atomic E-state index is 12.8. The third-order valence-electron chi connectivity index (χ3n) is 9.55. The molecule has 0 aromatic carbocycles. The van der Waals surface area contributed by atoms with Crippen molar-refractivity contribution in [1.82, 2.24) is 0 Å². The summed E-state index contributed by atoms with van der Waals surface area (Å²) in [5, 5.41) is 0. The van der Waals surface area contributed by atoms with Crippen molar-refractivity contribution in [3.63, 3.8) is 0 Å². The standard InChI is InChI=1S/C29H46O3/c1-4-5-6-7-8-9-10-11-27(31)32-26-15-14-24-23-13-12-21-20-22(30)16-18-28(21,2)25(23)17-19-29(24,26)3/h20,23-26H,4-19H2,1-3H3/t23-,24-,25-,26-,28-,29-/m0/s1/i15D2,26D. The van der Waals surface area contributed by atoms with E-state index in [9.17, 15) is 11.0 Å². The van der Waals surface area contributed by atoms with Crippen molar-refractivity contribution >= 4 is 11.8 Å². The molecule has 0 N–H and O–H groups in total. The fourth-order valence-corrected chi connectivity index (χ4v) is 7.49. The van der Waals surface area contributed by atoms with Gasteiger partial charge in [-0.25, -0.2) is 0 Å². The van der Waals surface area contributed by atoms with Crippen LogP contribution >= 0.6 is 0 Å². The Morgan fingerprint density at radius 3 is 2.59 bits per heavy atom. The van der Waals surface area contributed by atoms with Crippen LogP contribution in [-0.4, -0.2) is 17.8 Å². The van der Waals surface area contributed by atoms with Gasteiger partial charge in [0.1, 0.15) is 6.08 Å². The summed E-state index contributed by atoms with van der Waals surface area (Å²) in [5.74, 6) is 0.583. The third kappa shape index (κ3) is 4.60. The van der Waals surface area contributed by atoms with Gasteiger partial charge in [-0.3, -0.25) is 9.59 Å². The average molecular weight is 446 g/mol. The molecule has 180 valence electrons. The summed E-state index contributed by atoms with van der Waals surface area (Å²) in [4.78, 5) is 24.9. The van der Waals surface area contributed by atoms with Crippen molar-refractivity contribution in [2.75, 3.05) is 0 Å². The second kappa shape index (κ2) is 10.0. The number of carbonyl (C=O) groups excluding carboxylic acids is 2. The maximum atomic E-state index is 12.8. The molecule has 0 unspecified atom stereocenters. The van der Waals surface area contributed by atoms with E-state index in [1.165, 1.54) is 31.3 Å². The lowest BCUT2D eigenvalue weighted by atomic mass is 9.47. The van der Waals surface area contributed by atoms with Gasteiger partial charge in [0.25, 0.3) is 0 Å². The predicted octanol–water partition coefficient (Wildman–Crippen LogP) is 7.57. The van der Waals surface area contributed by atoms with Crippen LogP contribution in [0.2, 0.25) is 0 Å². The molecule has 0 radical (unpaired) electrons. The lowest BCUT2D eigenvalue weighted by Gasteiger charge is -2.57. The molecule has 3 fully saturated rings. The van der Waals surface area contributed by atoms with E-state index < -0.39 is 23.8 Å². The van der Waals surface area contributed by atoms with E-state index in [0.717, 1.165) is 44.9 Å². The number of ether oxygens (including phenoxy) is 1. The Bertz CT molecular complexity index is 854. The van der Waals surface area contributed by atoms with E-state index in [1.54, 1.807) is 0 Å². The Morgan fingerprint density at radius 2 is 1.81 bits per heavy atom. The summed E-state index contributed by atoms with van der Waals surface area (Å²) in [6, 6.07) is 0. The minimum Gasteiger partial charge on any atom is -0.462 e. The van der Waals surface area contributed by atoms with Crippen molar-refractivity contribution in [1.29, 1.82) is 0 Å². The number of allylic oxidation sites excluding steroid dienone is 1. The fourth-order valence-electron chi connectivity index (χ4n) is 7.49. The quantitative estimate of drug-likeness (QED) is 0.271. The number of fused-ring (bicyclic) bond motifs is 5. The molecule has 0 heterocycles. The van der Waals surface area contributed by atoms with Gasteiger partial charge in [0.15, 0.2) is 5.78 Å². The fraction of sp³-hybridized carbons (Fsp3) is 0.862. The number of ketones is 1. The Kier molecular flexibility index (Phi) is 6.34. The van der Waals surface area contributed by atoms with Crippen molar-refractivity contribution in [3.8, 4) is 0 Å². The van der Waals surface area contributed by atoms with Crippen LogP contribution in [0.15, 0.2) is 11.6 Å². The van der Waals surface area contributed by atoms with Gasteiger partial charge >= 0.3 is 5.97 Å². The van der Waals surface area contributed by atoms with E-state index >= 15 is 0 Å². The molecule has 3 heteroatoms. The first-order chi connectivity index (χ1) is 16.5. The van der Waals surface area contributed by atoms with E-state index in [4.69, 9.17) is 7.48 Å². The molecule has 0 amide bonds. The van der Waals surface area contributed by atoms with Crippen LogP contribution in [-0.2, 0) is 14.3 Å². The molecule has 0 saturated heterocycles. The van der Waals surface area contributed by atoms with Gasteiger partial charge in [-0.1, -0.05) is 64.9 Å². The molecule has 0 aliphatic heterocycles. The molecular formula is C29H46O3. The Balaban J connectivity index is 1.44. The van der Waals surface area contributed by atoms with Gasteiger partial charge in [-0.2, -0.15) is 0 Å². The summed E-state index contributed by atoms with van der Waals surface area (Å²) in [6.07, 6.45) is 11.4. The second-order valence-corrected chi connectivity index (χ2v) is 11.5. The number of hydrogen-bond acceptors (Lipinski definition) is 3. The van der Waals surface area contributed by atoms with Crippen molar-refractivity contribution in [2.45, 2.75) is 130 Å². The molecule has 0 aromatic rings. The molecule has 32 heavy (non-hydrogen) atoms. The van der Waals surface area contributed by atoms with Gasteiger partial charge in [0.05, 0.1) is 1.37 Å². The zero-order chi connectivity index (χ0) is 25.5. The van der Waals surface area contributed by atoms with Crippen molar-refractivity contribution < 1.29 is 18.4 Å². The molecule has 4 rings (SSSR count). The van der Waals surface area contributed by atoms with E-state index in [0.29, 0.717) is 24.7 Å². The molecule has 6 atom stereocenters. The second-order valence-electron chi connectivity index (χ2n) is 11.5. The van der Waals surface area contributed by atoms with Gasteiger partial charge in [0, 0.05) is 21.0 Å². The first kappa shape index (κ1) is 20.3. The van der Waals surface area contributed by atoms with E-state index in [-0.39, 0.29) is 30.0 Å². The highest BCUT2D eigenvalue weighted by molar-refractivity contribution is 5.91. The molecule has 0 bridgehead atoms. The van der Waals surface area contributed by atoms with Crippen molar-refractivity contribution in [2.24, 2.45) is 28.6 Å². The smallest absolute Gasteiger partial charge is 0.306 e. The highest BCUT2D eigenvalue weighted by Gasteiger charge is 2.59. The summed E-state index contributed by atoms with van der Waals surface area (Å²) < 4.78 is 32.9. The number of esters is 1. The van der Waals surface area contributed by atoms with Gasteiger partial charge < -0.3 is 4.74 Å². The third-order valence-corrected chi connectivity index (χ3v) is 9.55. The minimum atomic E-state index is -1.86. The first-order valence-electron chi connectivity index (χ1n) is 14.9. The summed E-state index contributed by atoms with van der Waals surface area (Å²) in [7, 11) is 0. The van der Waals surface area contributed by atoms with Crippen LogP contribution in [0.25, 0.3) is 0 Å². The number of hydrogen-bond donors (Lipinski definition) is 0. The van der Waals surface area contributed by atoms with Crippen LogP contribution in [0.3, 0.4) is 0 Å². The summed E-state index contributed by atoms with van der Waals surface area (Å²) in [6.45, 7) is 6.53. The normalized spacial score (nSPS) is 43.7. The summed E-state index contributed by atoms with van der Waals surface area (Å²) >= 11 is 0. The molecule has 4 aliphatic carbocycles. The molecule has 0 spiro atoms. The molecule has 3 nitrogen and oxygen atoms in total. The van der Waals surface area contributed by atoms with Gasteiger partial charge in [0.2, 0.25) is 0 Å². The monoisotopic (exact) mass is 445 g/mol. The van der Waals surface area contributed by atoms with Crippen LogP contribution in [0, 0.1) is 28.6 Å². The highest BCUT2D eigenvalue weighted by Crippen LogP contribution is 2.65. The Hall–Kier alpha value is -1.12. The lowest BCUT2D eigenvalue weighted by Crippen LogP contribution is -2.51. The average Bonchev–Trinajstić information content (AvgIpc) is 2.95.